The largest absolute Gasteiger partial charge is 0.481 e. The zero-order valence-electron chi connectivity index (χ0n) is 10.5. The molecule has 0 aromatic carbocycles. The Hall–Kier alpha value is -0.570. The third kappa shape index (κ3) is 13.4. The van der Waals surface area contributed by atoms with E-state index in [4.69, 9.17) is 9.84 Å². The van der Waals surface area contributed by atoms with Gasteiger partial charge in [-0.25, -0.2) is 0 Å². The van der Waals surface area contributed by atoms with E-state index < -0.39 is 5.97 Å². The van der Waals surface area contributed by atoms with E-state index in [1.54, 1.807) is 0 Å². The first-order valence-corrected chi connectivity index (χ1v) is 6.57. The summed E-state index contributed by atoms with van der Waals surface area (Å²) in [4.78, 5) is 10.2. The summed E-state index contributed by atoms with van der Waals surface area (Å²) in [6.07, 6.45) is 9.55. The molecule has 0 rings (SSSR count). The highest BCUT2D eigenvalue weighted by molar-refractivity contribution is 5.66. The van der Waals surface area contributed by atoms with Gasteiger partial charge in [0, 0.05) is 19.6 Å². The topological polar surface area (TPSA) is 46.5 Å². The number of carboxylic acids is 1. The molecule has 0 aliphatic heterocycles. The molecule has 0 spiro atoms. The maximum absolute atomic E-state index is 10.2. The summed E-state index contributed by atoms with van der Waals surface area (Å²) in [6.45, 7) is 3.77. The lowest BCUT2D eigenvalue weighted by atomic mass is 10.1. The van der Waals surface area contributed by atoms with Gasteiger partial charge in [0.1, 0.15) is 0 Å². The third-order valence-electron chi connectivity index (χ3n) is 2.57. The molecule has 0 unspecified atom stereocenters. The summed E-state index contributed by atoms with van der Waals surface area (Å²) in [7, 11) is 0. The minimum atomic E-state index is -0.712. The molecule has 1 N–H and O–H groups in total. The van der Waals surface area contributed by atoms with Crippen molar-refractivity contribution in [2.45, 2.75) is 64.7 Å². The van der Waals surface area contributed by atoms with Crippen molar-refractivity contribution in [3.63, 3.8) is 0 Å². The average Bonchev–Trinajstić information content (AvgIpc) is 2.25. The second-order valence-corrected chi connectivity index (χ2v) is 4.23. The molecule has 16 heavy (non-hydrogen) atoms. The Morgan fingerprint density at radius 1 is 0.938 bits per heavy atom. The fourth-order valence-corrected chi connectivity index (χ4v) is 1.57. The molecule has 96 valence electrons. The van der Waals surface area contributed by atoms with Crippen LogP contribution in [0.5, 0.6) is 0 Å². The Labute approximate surface area is 99.2 Å². The summed E-state index contributed by atoms with van der Waals surface area (Å²) < 4.78 is 5.43. The van der Waals surface area contributed by atoms with Crippen LogP contribution in [0.25, 0.3) is 0 Å². The Balaban J connectivity index is 2.90. The molecule has 3 heteroatoms. The van der Waals surface area contributed by atoms with Gasteiger partial charge in [-0.1, -0.05) is 39.0 Å². The van der Waals surface area contributed by atoms with Crippen LogP contribution in [0.1, 0.15) is 64.7 Å². The van der Waals surface area contributed by atoms with Crippen molar-refractivity contribution < 1.29 is 14.6 Å². The highest BCUT2D eigenvalue weighted by Gasteiger charge is 1.96. The number of carbonyl (C=O) groups is 1. The van der Waals surface area contributed by atoms with Crippen molar-refractivity contribution >= 4 is 5.97 Å². The maximum atomic E-state index is 10.2. The van der Waals surface area contributed by atoms with Crippen LogP contribution in [-0.2, 0) is 9.53 Å². The van der Waals surface area contributed by atoms with Crippen LogP contribution in [0.15, 0.2) is 0 Å². The summed E-state index contributed by atoms with van der Waals surface area (Å²) in [5.41, 5.74) is 0. The Kier molecular flexibility index (Phi) is 12.1. The molecule has 3 nitrogen and oxygen atoms in total. The van der Waals surface area contributed by atoms with Gasteiger partial charge in [-0.15, -0.1) is 0 Å². The van der Waals surface area contributed by atoms with Gasteiger partial charge in [-0.3, -0.25) is 4.79 Å². The molecular formula is C13H26O3. The molecule has 0 saturated carbocycles. The predicted octanol–water partition coefficient (Wildman–Crippen LogP) is 3.62. The van der Waals surface area contributed by atoms with E-state index in [2.05, 4.69) is 6.92 Å². The lowest BCUT2D eigenvalue weighted by Crippen LogP contribution is -1.99. The maximum Gasteiger partial charge on any atom is 0.303 e. The second kappa shape index (κ2) is 12.5. The van der Waals surface area contributed by atoms with Crippen LogP contribution in [-0.4, -0.2) is 24.3 Å². The SMILES string of the molecule is CCCCCCCCOCCCCC(=O)O. The fourth-order valence-electron chi connectivity index (χ4n) is 1.57. The van der Waals surface area contributed by atoms with Crippen molar-refractivity contribution in [1.82, 2.24) is 0 Å². The van der Waals surface area contributed by atoms with Crippen LogP contribution in [0, 0.1) is 0 Å². The summed E-state index contributed by atoms with van der Waals surface area (Å²) in [5, 5.41) is 8.42. The zero-order valence-corrected chi connectivity index (χ0v) is 10.5. The zero-order chi connectivity index (χ0) is 12.1. The molecule has 0 radical (unpaired) electrons. The van der Waals surface area contributed by atoms with Gasteiger partial charge in [0.25, 0.3) is 0 Å². The summed E-state index contributed by atoms with van der Waals surface area (Å²) >= 11 is 0. The van der Waals surface area contributed by atoms with Gasteiger partial charge < -0.3 is 9.84 Å². The summed E-state index contributed by atoms with van der Waals surface area (Å²) in [6, 6.07) is 0. The normalized spacial score (nSPS) is 10.6. The second-order valence-electron chi connectivity index (χ2n) is 4.23. The standard InChI is InChI=1S/C13H26O3/c1-2-3-4-5-6-8-11-16-12-9-7-10-13(14)15/h2-12H2,1H3,(H,14,15). The van der Waals surface area contributed by atoms with Gasteiger partial charge in [-0.2, -0.15) is 0 Å². The highest BCUT2D eigenvalue weighted by atomic mass is 16.5. The Morgan fingerprint density at radius 2 is 1.50 bits per heavy atom. The number of hydrogen-bond acceptors (Lipinski definition) is 2. The van der Waals surface area contributed by atoms with Crippen LogP contribution in [0.3, 0.4) is 0 Å². The van der Waals surface area contributed by atoms with Gasteiger partial charge in [0.2, 0.25) is 0 Å². The number of aliphatic carboxylic acids is 1. The molecule has 0 fully saturated rings. The molecular weight excluding hydrogens is 204 g/mol. The molecule has 0 aromatic rings. The molecule has 0 saturated heterocycles. The van der Waals surface area contributed by atoms with Gasteiger partial charge in [0.05, 0.1) is 0 Å². The van der Waals surface area contributed by atoms with E-state index in [1.165, 1.54) is 32.1 Å². The van der Waals surface area contributed by atoms with E-state index in [-0.39, 0.29) is 6.42 Å². The molecule has 0 heterocycles. The van der Waals surface area contributed by atoms with Crippen molar-refractivity contribution in [1.29, 1.82) is 0 Å². The van der Waals surface area contributed by atoms with E-state index in [0.717, 1.165) is 25.9 Å². The first kappa shape index (κ1) is 15.4. The number of unbranched alkanes of at least 4 members (excludes halogenated alkanes) is 6. The van der Waals surface area contributed by atoms with Crippen molar-refractivity contribution in [2.24, 2.45) is 0 Å². The molecule has 0 aromatic heterocycles. The van der Waals surface area contributed by atoms with E-state index in [0.29, 0.717) is 6.61 Å². The van der Waals surface area contributed by atoms with Gasteiger partial charge >= 0.3 is 5.97 Å². The molecule has 0 bridgehead atoms. The predicted molar refractivity (Wildman–Crippen MR) is 65.7 cm³/mol. The first-order valence-electron chi connectivity index (χ1n) is 6.57. The van der Waals surface area contributed by atoms with Crippen LogP contribution in [0.2, 0.25) is 0 Å². The summed E-state index contributed by atoms with van der Waals surface area (Å²) in [5.74, 6) is -0.712. The van der Waals surface area contributed by atoms with Crippen molar-refractivity contribution in [2.75, 3.05) is 13.2 Å². The van der Waals surface area contributed by atoms with E-state index >= 15 is 0 Å². The number of ether oxygens (including phenoxy) is 1. The number of rotatable bonds is 12. The fraction of sp³-hybridized carbons (Fsp3) is 0.923. The highest BCUT2D eigenvalue weighted by Crippen LogP contribution is 2.05. The Morgan fingerprint density at radius 3 is 2.12 bits per heavy atom. The quantitative estimate of drug-likeness (QED) is 0.521. The van der Waals surface area contributed by atoms with Gasteiger partial charge in [0.15, 0.2) is 0 Å². The van der Waals surface area contributed by atoms with Crippen molar-refractivity contribution in [3.8, 4) is 0 Å². The Bertz CT molecular complexity index is 157. The van der Waals surface area contributed by atoms with Gasteiger partial charge in [-0.05, 0) is 19.3 Å². The number of carboxylic acid groups (broad SMARTS) is 1. The minimum Gasteiger partial charge on any atom is -0.481 e. The molecule has 0 atom stereocenters. The van der Waals surface area contributed by atoms with E-state index in [9.17, 15) is 4.79 Å². The third-order valence-corrected chi connectivity index (χ3v) is 2.57. The van der Waals surface area contributed by atoms with Crippen molar-refractivity contribution in [3.05, 3.63) is 0 Å². The number of hydrogen-bond donors (Lipinski definition) is 1. The lowest BCUT2D eigenvalue weighted by molar-refractivity contribution is -0.137. The van der Waals surface area contributed by atoms with Crippen LogP contribution >= 0.6 is 0 Å². The van der Waals surface area contributed by atoms with Crippen LogP contribution in [0.4, 0.5) is 0 Å². The average molecular weight is 230 g/mol. The molecule has 0 aliphatic rings. The monoisotopic (exact) mass is 230 g/mol. The lowest BCUT2D eigenvalue weighted by Gasteiger charge is -2.03. The minimum absolute atomic E-state index is 0.264. The van der Waals surface area contributed by atoms with Crippen LogP contribution < -0.4 is 0 Å². The molecule has 0 aliphatic carbocycles. The first-order chi connectivity index (χ1) is 7.77. The smallest absolute Gasteiger partial charge is 0.303 e. The van der Waals surface area contributed by atoms with E-state index in [1.807, 2.05) is 0 Å². The molecule has 0 amide bonds.